The zero-order chi connectivity index (χ0) is 24.9. The third kappa shape index (κ3) is 4.00. The molecule has 5 rings (SSSR count). The summed E-state index contributed by atoms with van der Waals surface area (Å²) in [7, 11) is 0. The molecule has 0 aliphatic rings. The molecule has 5 aromatic rings. The van der Waals surface area contributed by atoms with Crippen molar-refractivity contribution in [2.75, 3.05) is 0 Å². The van der Waals surface area contributed by atoms with Crippen LogP contribution >= 0.6 is 11.3 Å². The second-order valence-electron chi connectivity index (χ2n) is 8.50. The minimum Gasteiger partial charge on any atom is -0.477 e. The summed E-state index contributed by atoms with van der Waals surface area (Å²) >= 11 is 1.49. The van der Waals surface area contributed by atoms with E-state index in [9.17, 15) is 18.7 Å². The zero-order valence-corrected chi connectivity index (χ0v) is 20.2. The number of aryl methyl sites for hydroxylation is 3. The number of aromatic hydroxyl groups is 1. The van der Waals surface area contributed by atoms with Gasteiger partial charge in [0.25, 0.3) is 11.5 Å². The standard InChI is InChI=1S/C27H21F2N3O2S/c1-15-6-8-20(23(29)11-15)21-12-18(7-9-22(21)28)24-26(33)31-10-4-5-16(2)25(31)32(27(24)34)14-19-13-30-17(3)35-19/h4-13H,14H2,1-3H3/p+1. The summed E-state index contributed by atoms with van der Waals surface area (Å²) in [6.45, 7) is 5.80. The number of hydrogen-bond acceptors (Lipinski definition) is 4. The molecule has 35 heavy (non-hydrogen) atoms. The molecular formula is C27H22F2N3O2S+. The van der Waals surface area contributed by atoms with Gasteiger partial charge in [-0.3, -0.25) is 0 Å². The lowest BCUT2D eigenvalue weighted by atomic mass is 9.98. The van der Waals surface area contributed by atoms with Crippen molar-refractivity contribution in [3.63, 3.8) is 0 Å². The number of thiazole rings is 1. The lowest BCUT2D eigenvalue weighted by molar-refractivity contribution is -0.671. The highest BCUT2D eigenvalue weighted by Crippen LogP contribution is 2.32. The molecule has 0 saturated carbocycles. The first kappa shape index (κ1) is 22.9. The molecule has 0 atom stereocenters. The van der Waals surface area contributed by atoms with Crippen molar-refractivity contribution < 1.29 is 18.5 Å². The third-order valence-electron chi connectivity index (χ3n) is 5.98. The van der Waals surface area contributed by atoms with Crippen LogP contribution in [0.4, 0.5) is 8.78 Å². The summed E-state index contributed by atoms with van der Waals surface area (Å²) in [5.41, 5.74) is 1.97. The number of aromatic nitrogens is 3. The van der Waals surface area contributed by atoms with Gasteiger partial charge in [0.2, 0.25) is 0 Å². The van der Waals surface area contributed by atoms with Crippen LogP contribution in [0.2, 0.25) is 0 Å². The fourth-order valence-electron chi connectivity index (χ4n) is 4.33. The summed E-state index contributed by atoms with van der Waals surface area (Å²) in [5.74, 6) is -1.44. The maximum atomic E-state index is 14.8. The third-order valence-corrected chi connectivity index (χ3v) is 6.88. The van der Waals surface area contributed by atoms with Gasteiger partial charge in [-0.15, -0.1) is 11.3 Å². The van der Waals surface area contributed by atoms with Gasteiger partial charge in [-0.25, -0.2) is 18.6 Å². The molecule has 3 aromatic heterocycles. The van der Waals surface area contributed by atoms with Crippen molar-refractivity contribution in [2.45, 2.75) is 27.3 Å². The highest BCUT2D eigenvalue weighted by molar-refractivity contribution is 7.11. The van der Waals surface area contributed by atoms with E-state index in [0.29, 0.717) is 17.8 Å². The van der Waals surface area contributed by atoms with Crippen LogP contribution in [0.25, 0.3) is 27.9 Å². The lowest BCUT2D eigenvalue weighted by Crippen LogP contribution is -2.41. The van der Waals surface area contributed by atoms with Gasteiger partial charge in [0, 0.05) is 22.9 Å². The van der Waals surface area contributed by atoms with Crippen molar-refractivity contribution in [3.8, 4) is 28.1 Å². The molecule has 0 saturated heterocycles. The predicted octanol–water partition coefficient (Wildman–Crippen LogP) is 5.33. The Morgan fingerprint density at radius 3 is 2.54 bits per heavy atom. The molecule has 0 bridgehead atoms. The van der Waals surface area contributed by atoms with Crippen molar-refractivity contribution in [2.24, 2.45) is 0 Å². The van der Waals surface area contributed by atoms with E-state index < -0.39 is 17.2 Å². The van der Waals surface area contributed by atoms with E-state index in [4.69, 9.17) is 0 Å². The Bertz CT molecular complexity index is 1670. The lowest BCUT2D eigenvalue weighted by Gasteiger charge is -2.12. The van der Waals surface area contributed by atoms with Crippen LogP contribution in [0.3, 0.4) is 0 Å². The number of hydrogen-bond donors (Lipinski definition) is 1. The van der Waals surface area contributed by atoms with Crippen LogP contribution in [0.5, 0.6) is 5.88 Å². The Kier molecular flexibility index (Phi) is 5.68. The van der Waals surface area contributed by atoms with Crippen LogP contribution in [0.1, 0.15) is 21.0 Å². The average Bonchev–Trinajstić information content (AvgIpc) is 3.23. The smallest absolute Gasteiger partial charge is 0.354 e. The molecule has 0 aliphatic carbocycles. The first-order valence-electron chi connectivity index (χ1n) is 11.0. The monoisotopic (exact) mass is 490 g/mol. The first-order chi connectivity index (χ1) is 16.7. The summed E-state index contributed by atoms with van der Waals surface area (Å²) < 4.78 is 32.6. The van der Waals surface area contributed by atoms with Gasteiger partial charge >= 0.3 is 5.56 Å². The molecular weight excluding hydrogens is 468 g/mol. The first-order valence-corrected chi connectivity index (χ1v) is 11.8. The number of rotatable bonds is 4. The van der Waals surface area contributed by atoms with E-state index in [1.54, 1.807) is 36.0 Å². The zero-order valence-electron chi connectivity index (χ0n) is 19.3. The van der Waals surface area contributed by atoms with Gasteiger partial charge in [-0.2, -0.15) is 8.97 Å². The summed E-state index contributed by atoms with van der Waals surface area (Å²) in [6.07, 6.45) is 3.37. The van der Waals surface area contributed by atoms with Gasteiger partial charge in [-0.1, -0.05) is 18.2 Å². The van der Waals surface area contributed by atoms with Crippen LogP contribution in [0, 0.1) is 32.4 Å². The molecule has 2 aromatic carbocycles. The molecule has 176 valence electrons. The second-order valence-corrected chi connectivity index (χ2v) is 9.82. The topological polar surface area (TPSA) is 58.5 Å². The van der Waals surface area contributed by atoms with Crippen LogP contribution in [-0.4, -0.2) is 14.5 Å². The average molecular weight is 491 g/mol. The SMILES string of the molecule is Cc1ccc(-c2cc(-c3c(O)[n+](Cc4cnc(C)s4)c4c(C)cccn4c3=O)ccc2F)c(F)c1. The summed E-state index contributed by atoms with van der Waals surface area (Å²) in [6, 6.07) is 12.2. The van der Waals surface area contributed by atoms with Crippen LogP contribution < -0.4 is 10.1 Å². The van der Waals surface area contributed by atoms with Gasteiger partial charge < -0.3 is 5.11 Å². The van der Waals surface area contributed by atoms with Gasteiger partial charge in [-0.05, 0) is 62.2 Å². The number of fused-ring (bicyclic) bond motifs is 1. The molecule has 5 nitrogen and oxygen atoms in total. The minimum absolute atomic E-state index is 0.00288. The molecule has 1 N–H and O–H groups in total. The number of nitrogens with zero attached hydrogens (tertiary/aromatic N) is 3. The fourth-order valence-corrected chi connectivity index (χ4v) is 5.11. The Hall–Kier alpha value is -3.91. The molecule has 0 amide bonds. The van der Waals surface area contributed by atoms with Crippen molar-refractivity contribution in [3.05, 3.63) is 104 Å². The van der Waals surface area contributed by atoms with Crippen molar-refractivity contribution in [1.82, 2.24) is 9.38 Å². The van der Waals surface area contributed by atoms with E-state index >= 15 is 0 Å². The predicted molar refractivity (Wildman–Crippen MR) is 132 cm³/mol. The quantitative estimate of drug-likeness (QED) is 0.346. The molecule has 3 heterocycles. The van der Waals surface area contributed by atoms with E-state index in [1.165, 1.54) is 46.1 Å². The Morgan fingerprint density at radius 1 is 1.03 bits per heavy atom. The maximum absolute atomic E-state index is 14.8. The summed E-state index contributed by atoms with van der Waals surface area (Å²) in [5, 5.41) is 12.3. The Morgan fingerprint density at radius 2 is 1.83 bits per heavy atom. The van der Waals surface area contributed by atoms with Gasteiger partial charge in [0.1, 0.15) is 18.2 Å². The molecule has 0 unspecified atom stereocenters. The Labute approximate surface area is 204 Å². The molecule has 0 spiro atoms. The van der Waals surface area contributed by atoms with E-state index in [-0.39, 0.29) is 28.1 Å². The normalized spacial score (nSPS) is 11.3. The molecule has 0 fully saturated rings. The number of benzene rings is 2. The van der Waals surface area contributed by atoms with Crippen LogP contribution in [-0.2, 0) is 6.54 Å². The Balaban J connectivity index is 1.78. The number of halogens is 2. The van der Waals surface area contributed by atoms with Gasteiger partial charge in [0.05, 0.1) is 16.1 Å². The van der Waals surface area contributed by atoms with Gasteiger partial charge in [0.15, 0.2) is 5.56 Å². The van der Waals surface area contributed by atoms with Crippen molar-refractivity contribution in [1.29, 1.82) is 0 Å². The second kappa shape index (κ2) is 8.70. The molecule has 0 aliphatic heterocycles. The van der Waals surface area contributed by atoms with Crippen molar-refractivity contribution >= 4 is 17.0 Å². The fraction of sp³-hybridized carbons (Fsp3) is 0.148. The van der Waals surface area contributed by atoms with E-state index in [2.05, 4.69) is 4.98 Å². The van der Waals surface area contributed by atoms with E-state index in [0.717, 1.165) is 15.4 Å². The number of pyridine rings is 1. The summed E-state index contributed by atoms with van der Waals surface area (Å²) in [4.78, 5) is 18.8. The minimum atomic E-state index is -0.624. The highest BCUT2D eigenvalue weighted by atomic mass is 32.1. The maximum Gasteiger partial charge on any atom is 0.354 e. The largest absolute Gasteiger partial charge is 0.477 e. The van der Waals surface area contributed by atoms with E-state index in [1.807, 2.05) is 19.9 Å². The molecule has 0 radical (unpaired) electrons. The molecule has 8 heteroatoms. The van der Waals surface area contributed by atoms with Crippen LogP contribution in [0.15, 0.2) is 65.7 Å². The highest BCUT2D eigenvalue weighted by Gasteiger charge is 2.27.